The van der Waals surface area contributed by atoms with Gasteiger partial charge < -0.3 is 15.2 Å². The largest absolute Gasteiger partial charge is 0.461 e. The van der Waals surface area contributed by atoms with Gasteiger partial charge in [0.05, 0.1) is 4.91 Å². The van der Waals surface area contributed by atoms with Crippen LogP contribution in [0, 0.1) is 0 Å². The third kappa shape index (κ3) is 4.54. The lowest BCUT2D eigenvalue weighted by molar-refractivity contribution is -0.149. The summed E-state index contributed by atoms with van der Waals surface area (Å²) in [6, 6.07) is -0.730. The number of carbonyl (C=O) groups excluding carboxylic acids is 2. The van der Waals surface area contributed by atoms with Crippen LogP contribution >= 0.6 is 11.8 Å². The normalized spacial score (nSPS) is 27.9. The molecule has 0 aliphatic carbocycles. The average molecular weight is 271 g/mol. The van der Waals surface area contributed by atoms with Gasteiger partial charge in [-0.1, -0.05) is 18.7 Å². The summed E-state index contributed by atoms with van der Waals surface area (Å²) in [6.45, 7) is 5.39. The molecule has 2 N–H and O–H groups in total. The third-order valence-corrected chi connectivity index (χ3v) is 3.38. The Kier molecular flexibility index (Phi) is 5.94. The predicted octanol–water partition coefficient (Wildman–Crippen LogP) is 0.995. The second-order valence-corrected chi connectivity index (χ2v) is 4.92. The van der Waals surface area contributed by atoms with Crippen LogP contribution in [0.5, 0.6) is 0 Å². The van der Waals surface area contributed by atoms with Crippen molar-refractivity contribution in [2.45, 2.75) is 25.5 Å². The molecule has 5 nitrogen and oxygen atoms in total. The van der Waals surface area contributed by atoms with Gasteiger partial charge in [-0.15, -0.1) is 11.8 Å². The highest BCUT2D eigenvalue weighted by atomic mass is 32.2. The minimum atomic E-state index is -0.730. The summed E-state index contributed by atoms with van der Waals surface area (Å²) >= 11 is 1.21. The second kappa shape index (κ2) is 7.23. The first-order valence-electron chi connectivity index (χ1n) is 5.61. The maximum atomic E-state index is 11.7. The van der Waals surface area contributed by atoms with E-state index in [4.69, 9.17) is 15.2 Å². The van der Waals surface area contributed by atoms with E-state index in [0.717, 1.165) is 0 Å². The molecule has 0 fully saturated rings. The summed E-state index contributed by atoms with van der Waals surface area (Å²) in [7, 11) is 0. The summed E-state index contributed by atoms with van der Waals surface area (Å²) in [5.41, 5.74) is 5.65. The lowest BCUT2D eigenvalue weighted by atomic mass is 10.2. The summed E-state index contributed by atoms with van der Waals surface area (Å²) in [5.74, 6) is -0.571. The first-order chi connectivity index (χ1) is 8.54. The van der Waals surface area contributed by atoms with E-state index < -0.39 is 18.0 Å². The molecule has 0 aromatic heterocycles. The minimum absolute atomic E-state index is 0.160. The van der Waals surface area contributed by atoms with Crippen LogP contribution in [-0.2, 0) is 19.1 Å². The monoisotopic (exact) mass is 271 g/mol. The fourth-order valence-electron chi connectivity index (χ4n) is 1.26. The number of ether oxygens (including phenoxy) is 2. The summed E-state index contributed by atoms with van der Waals surface area (Å²) in [6.07, 6.45) is 3.37. The highest BCUT2D eigenvalue weighted by molar-refractivity contribution is 8.04. The topological polar surface area (TPSA) is 78.6 Å². The highest BCUT2D eigenvalue weighted by Crippen LogP contribution is 2.22. The van der Waals surface area contributed by atoms with Crippen LogP contribution in [-0.4, -0.2) is 36.4 Å². The van der Waals surface area contributed by atoms with E-state index in [-0.39, 0.29) is 12.7 Å². The molecular weight excluding hydrogens is 254 g/mol. The van der Waals surface area contributed by atoms with Crippen LogP contribution < -0.4 is 5.73 Å². The summed E-state index contributed by atoms with van der Waals surface area (Å²) < 4.78 is 10.1. The number of hydrogen-bond acceptors (Lipinski definition) is 6. The standard InChI is InChI=1S/C12H17NO4S/c1-3-6-16-12(15)10-5-4-8(2)17-11(14)9(13)7-18-10/h3,5,8-9H,1,4,6-7,13H2,2H3/b10-5-/t8-,9-/m1/s1. The third-order valence-electron chi connectivity index (χ3n) is 2.21. The zero-order valence-electron chi connectivity index (χ0n) is 10.3. The van der Waals surface area contributed by atoms with Crippen molar-refractivity contribution in [2.24, 2.45) is 5.73 Å². The van der Waals surface area contributed by atoms with Gasteiger partial charge in [-0.3, -0.25) is 4.79 Å². The molecule has 0 bridgehead atoms. The molecule has 0 aromatic rings. The second-order valence-electron chi connectivity index (χ2n) is 3.86. The fraction of sp³-hybridized carbons (Fsp3) is 0.500. The van der Waals surface area contributed by atoms with Gasteiger partial charge in [0, 0.05) is 12.2 Å². The molecule has 1 rings (SSSR count). The Morgan fingerprint density at radius 2 is 2.50 bits per heavy atom. The van der Waals surface area contributed by atoms with Crippen molar-refractivity contribution in [2.75, 3.05) is 12.4 Å². The van der Waals surface area contributed by atoms with Crippen molar-refractivity contribution in [3.63, 3.8) is 0 Å². The Balaban J connectivity index is 2.71. The molecule has 0 spiro atoms. The molecule has 2 atom stereocenters. The number of hydrogen-bond donors (Lipinski definition) is 1. The predicted molar refractivity (Wildman–Crippen MR) is 69.8 cm³/mol. The maximum absolute atomic E-state index is 11.7. The number of thioether (sulfide) groups is 1. The first-order valence-corrected chi connectivity index (χ1v) is 6.60. The van der Waals surface area contributed by atoms with Gasteiger partial charge in [-0.2, -0.15) is 0 Å². The van der Waals surface area contributed by atoms with Crippen molar-refractivity contribution in [3.8, 4) is 0 Å². The van der Waals surface area contributed by atoms with E-state index >= 15 is 0 Å². The van der Waals surface area contributed by atoms with E-state index in [9.17, 15) is 9.59 Å². The van der Waals surface area contributed by atoms with Crippen molar-refractivity contribution < 1.29 is 19.1 Å². The van der Waals surface area contributed by atoms with Gasteiger partial charge in [-0.25, -0.2) is 4.79 Å². The van der Waals surface area contributed by atoms with Gasteiger partial charge >= 0.3 is 11.9 Å². The molecule has 0 saturated carbocycles. The van der Waals surface area contributed by atoms with E-state index in [1.54, 1.807) is 13.0 Å². The molecule has 1 aliphatic rings. The number of esters is 2. The quantitative estimate of drug-likeness (QED) is 0.609. The van der Waals surface area contributed by atoms with E-state index in [1.165, 1.54) is 17.8 Å². The fourth-order valence-corrected chi connectivity index (χ4v) is 2.15. The molecule has 0 saturated heterocycles. The lowest BCUT2D eigenvalue weighted by Crippen LogP contribution is -2.36. The van der Waals surface area contributed by atoms with Gasteiger partial charge in [0.2, 0.25) is 0 Å². The van der Waals surface area contributed by atoms with Crippen LogP contribution in [0.1, 0.15) is 13.3 Å². The van der Waals surface area contributed by atoms with E-state index in [2.05, 4.69) is 6.58 Å². The van der Waals surface area contributed by atoms with Crippen LogP contribution in [0.25, 0.3) is 0 Å². The highest BCUT2D eigenvalue weighted by Gasteiger charge is 2.23. The van der Waals surface area contributed by atoms with Crippen LogP contribution in [0.15, 0.2) is 23.6 Å². The Morgan fingerprint density at radius 1 is 1.78 bits per heavy atom. The summed E-state index contributed by atoms with van der Waals surface area (Å²) in [5, 5.41) is 0. The Hall–Kier alpha value is -1.27. The number of cyclic esters (lactones) is 1. The van der Waals surface area contributed by atoms with Gasteiger partial charge in [-0.05, 0) is 6.92 Å². The van der Waals surface area contributed by atoms with Crippen molar-refractivity contribution in [1.82, 2.24) is 0 Å². The molecule has 1 heterocycles. The number of rotatable bonds is 3. The Labute approximate surface area is 110 Å². The molecule has 0 amide bonds. The Morgan fingerprint density at radius 3 is 3.17 bits per heavy atom. The summed E-state index contributed by atoms with van der Waals surface area (Å²) in [4.78, 5) is 23.6. The molecular formula is C12H17NO4S. The molecule has 6 heteroatoms. The van der Waals surface area contributed by atoms with Crippen molar-refractivity contribution in [1.29, 1.82) is 0 Å². The minimum Gasteiger partial charge on any atom is -0.461 e. The first kappa shape index (κ1) is 14.8. The van der Waals surface area contributed by atoms with Crippen molar-refractivity contribution in [3.05, 3.63) is 23.6 Å². The van der Waals surface area contributed by atoms with Crippen LogP contribution in [0.4, 0.5) is 0 Å². The van der Waals surface area contributed by atoms with Gasteiger partial charge in [0.1, 0.15) is 18.8 Å². The van der Waals surface area contributed by atoms with Crippen LogP contribution in [0.2, 0.25) is 0 Å². The molecule has 1 aliphatic heterocycles. The lowest BCUT2D eigenvalue weighted by Gasteiger charge is -2.13. The molecule has 100 valence electrons. The van der Waals surface area contributed by atoms with Gasteiger partial charge in [0.25, 0.3) is 0 Å². The van der Waals surface area contributed by atoms with Crippen LogP contribution in [0.3, 0.4) is 0 Å². The average Bonchev–Trinajstić information content (AvgIpc) is 2.40. The Bertz CT molecular complexity index is 367. The SMILES string of the molecule is C=CCOC(=O)/C1=C/C[C@@H](C)OC(=O)[C@H](N)CS1. The molecule has 0 radical (unpaired) electrons. The molecule has 0 aromatic carbocycles. The zero-order chi connectivity index (χ0) is 13.5. The van der Waals surface area contributed by atoms with E-state index in [0.29, 0.717) is 17.1 Å². The molecule has 18 heavy (non-hydrogen) atoms. The molecule has 0 unspecified atom stereocenters. The number of nitrogens with two attached hydrogens (primary N) is 1. The maximum Gasteiger partial charge on any atom is 0.344 e. The number of carbonyl (C=O) groups is 2. The van der Waals surface area contributed by atoms with Gasteiger partial charge in [0.15, 0.2) is 0 Å². The smallest absolute Gasteiger partial charge is 0.344 e. The van der Waals surface area contributed by atoms with E-state index in [1.807, 2.05) is 0 Å². The zero-order valence-corrected chi connectivity index (χ0v) is 11.1. The van der Waals surface area contributed by atoms with Crippen molar-refractivity contribution >= 4 is 23.7 Å².